The van der Waals surface area contributed by atoms with Crippen LogP contribution in [0.4, 0.5) is 5.69 Å². The number of para-hydroxylation sites is 2. The minimum atomic E-state index is 0.0171. The Morgan fingerprint density at radius 2 is 1.78 bits per heavy atom. The van der Waals surface area contributed by atoms with Crippen LogP contribution >= 0.6 is 11.6 Å². The molecule has 0 fully saturated rings. The average Bonchev–Trinajstić information content (AvgIpc) is 3.23. The van der Waals surface area contributed by atoms with Crippen LogP contribution in [0.3, 0.4) is 0 Å². The second-order valence-electron chi connectivity index (χ2n) is 9.14. The molecule has 0 radical (unpaired) electrons. The Bertz CT molecular complexity index is 1350. The lowest BCUT2D eigenvalue weighted by Gasteiger charge is -2.26. The summed E-state index contributed by atoms with van der Waals surface area (Å²) in [4.78, 5) is 20.3. The van der Waals surface area contributed by atoms with E-state index in [0.717, 1.165) is 28.8 Å². The molecule has 0 aliphatic heterocycles. The van der Waals surface area contributed by atoms with Crippen molar-refractivity contribution >= 4 is 34.2 Å². The number of hydrogen-bond acceptors (Lipinski definition) is 4. The maximum Gasteiger partial charge on any atom is 0.227 e. The molecule has 0 saturated carbocycles. The van der Waals surface area contributed by atoms with Crippen molar-refractivity contribution in [1.29, 1.82) is 0 Å². The van der Waals surface area contributed by atoms with Crippen molar-refractivity contribution in [2.24, 2.45) is 5.92 Å². The Morgan fingerprint density at radius 3 is 2.50 bits per heavy atom. The van der Waals surface area contributed by atoms with Gasteiger partial charge in [0.1, 0.15) is 17.3 Å². The number of rotatable bonds is 10. The van der Waals surface area contributed by atoms with Gasteiger partial charge in [0.2, 0.25) is 5.91 Å². The van der Waals surface area contributed by atoms with E-state index in [0.29, 0.717) is 47.6 Å². The molecule has 0 N–H and O–H groups in total. The molecular formula is C29H32ClN3O3. The molecule has 3 aromatic carbocycles. The number of aromatic nitrogens is 2. The lowest BCUT2D eigenvalue weighted by molar-refractivity contribution is -0.119. The molecule has 0 bridgehead atoms. The number of hydrogen-bond donors (Lipinski definition) is 0. The standard InChI is InChI=1S/C29H32ClN3O3/c1-20(2)13-16-29(34)33(26-15-14-22(35-3)17-27(26)36-4)19-28-31-24-11-7-8-12-25(24)32(28)18-21-9-5-6-10-23(21)30/h5-12,14-15,17,20H,13,16,18-19H2,1-4H3. The van der Waals surface area contributed by atoms with Gasteiger partial charge < -0.3 is 18.9 Å². The van der Waals surface area contributed by atoms with Crippen LogP contribution in [0.25, 0.3) is 11.0 Å². The van der Waals surface area contributed by atoms with Crippen molar-refractivity contribution in [2.75, 3.05) is 19.1 Å². The van der Waals surface area contributed by atoms with Crippen LogP contribution in [-0.4, -0.2) is 29.7 Å². The van der Waals surface area contributed by atoms with Gasteiger partial charge in [-0.05, 0) is 48.2 Å². The number of fused-ring (bicyclic) bond motifs is 1. The lowest BCUT2D eigenvalue weighted by Crippen LogP contribution is -2.32. The Labute approximate surface area is 217 Å². The van der Waals surface area contributed by atoms with Gasteiger partial charge in [0.15, 0.2) is 0 Å². The number of carbonyl (C=O) groups is 1. The number of halogens is 1. The first-order valence-electron chi connectivity index (χ1n) is 12.1. The van der Waals surface area contributed by atoms with Crippen molar-refractivity contribution in [3.63, 3.8) is 0 Å². The summed E-state index contributed by atoms with van der Waals surface area (Å²) in [5.74, 6) is 2.44. The first-order chi connectivity index (χ1) is 17.4. The van der Waals surface area contributed by atoms with E-state index in [1.54, 1.807) is 25.2 Å². The number of imidazole rings is 1. The van der Waals surface area contributed by atoms with E-state index in [-0.39, 0.29) is 5.91 Å². The topological polar surface area (TPSA) is 56.6 Å². The third kappa shape index (κ3) is 5.65. The zero-order chi connectivity index (χ0) is 25.7. The Balaban J connectivity index is 1.79. The molecule has 188 valence electrons. The van der Waals surface area contributed by atoms with Crippen molar-refractivity contribution in [2.45, 2.75) is 39.8 Å². The molecule has 1 aromatic heterocycles. The van der Waals surface area contributed by atoms with Crippen LogP contribution in [0.5, 0.6) is 11.5 Å². The van der Waals surface area contributed by atoms with Crippen LogP contribution in [0.2, 0.25) is 5.02 Å². The number of ether oxygens (including phenoxy) is 2. The predicted octanol–water partition coefficient (Wildman–Crippen LogP) is 6.72. The highest BCUT2D eigenvalue weighted by Gasteiger charge is 2.24. The molecule has 0 unspecified atom stereocenters. The minimum absolute atomic E-state index is 0.0171. The van der Waals surface area contributed by atoms with Gasteiger partial charge in [-0.2, -0.15) is 0 Å². The highest BCUT2D eigenvalue weighted by Crippen LogP contribution is 2.34. The lowest BCUT2D eigenvalue weighted by atomic mass is 10.1. The largest absolute Gasteiger partial charge is 0.497 e. The molecule has 0 aliphatic rings. The first-order valence-corrected chi connectivity index (χ1v) is 12.5. The van der Waals surface area contributed by atoms with Gasteiger partial charge in [0.25, 0.3) is 0 Å². The van der Waals surface area contributed by atoms with Crippen molar-refractivity contribution in [3.8, 4) is 11.5 Å². The number of amides is 1. The molecule has 6 nitrogen and oxygen atoms in total. The fourth-order valence-electron chi connectivity index (χ4n) is 4.22. The summed E-state index contributed by atoms with van der Waals surface area (Å²) in [6, 6.07) is 21.3. The van der Waals surface area contributed by atoms with Gasteiger partial charge in [-0.25, -0.2) is 4.98 Å². The van der Waals surface area contributed by atoms with Crippen molar-refractivity contribution in [1.82, 2.24) is 9.55 Å². The van der Waals surface area contributed by atoms with Gasteiger partial charge in [-0.1, -0.05) is 55.8 Å². The zero-order valence-electron chi connectivity index (χ0n) is 21.2. The van der Waals surface area contributed by atoms with E-state index < -0.39 is 0 Å². The fourth-order valence-corrected chi connectivity index (χ4v) is 4.42. The molecule has 0 spiro atoms. The number of anilines is 1. The summed E-state index contributed by atoms with van der Waals surface area (Å²) >= 11 is 6.51. The van der Waals surface area contributed by atoms with E-state index in [2.05, 4.69) is 18.4 Å². The molecule has 36 heavy (non-hydrogen) atoms. The summed E-state index contributed by atoms with van der Waals surface area (Å²) in [7, 11) is 3.21. The van der Waals surface area contributed by atoms with E-state index in [1.807, 2.05) is 60.7 Å². The number of methoxy groups -OCH3 is 2. The van der Waals surface area contributed by atoms with Gasteiger partial charge >= 0.3 is 0 Å². The maximum absolute atomic E-state index is 13.6. The minimum Gasteiger partial charge on any atom is -0.497 e. The van der Waals surface area contributed by atoms with Crippen LogP contribution in [0.15, 0.2) is 66.7 Å². The molecule has 0 atom stereocenters. The van der Waals surface area contributed by atoms with E-state index in [4.69, 9.17) is 26.1 Å². The van der Waals surface area contributed by atoms with Crippen molar-refractivity contribution in [3.05, 3.63) is 83.1 Å². The number of benzene rings is 3. The summed E-state index contributed by atoms with van der Waals surface area (Å²) in [5, 5.41) is 0.697. The summed E-state index contributed by atoms with van der Waals surface area (Å²) in [6.45, 7) is 5.07. The van der Waals surface area contributed by atoms with E-state index in [9.17, 15) is 4.79 Å². The first kappa shape index (κ1) is 25.6. The summed E-state index contributed by atoms with van der Waals surface area (Å²) in [6.07, 6.45) is 1.22. The van der Waals surface area contributed by atoms with Gasteiger partial charge in [-0.3, -0.25) is 4.79 Å². The van der Waals surface area contributed by atoms with Crippen LogP contribution in [-0.2, 0) is 17.9 Å². The Hall–Kier alpha value is -3.51. The molecular weight excluding hydrogens is 474 g/mol. The van der Waals surface area contributed by atoms with Gasteiger partial charge in [0, 0.05) is 17.5 Å². The number of nitrogens with zero attached hydrogens (tertiary/aromatic N) is 3. The highest BCUT2D eigenvalue weighted by atomic mass is 35.5. The Morgan fingerprint density at radius 1 is 1.03 bits per heavy atom. The van der Waals surface area contributed by atoms with Crippen molar-refractivity contribution < 1.29 is 14.3 Å². The van der Waals surface area contributed by atoms with Gasteiger partial charge in [-0.15, -0.1) is 0 Å². The normalized spacial score (nSPS) is 11.2. The monoisotopic (exact) mass is 505 g/mol. The number of carbonyl (C=O) groups excluding carboxylic acids is 1. The van der Waals surface area contributed by atoms with Crippen LogP contribution in [0, 0.1) is 5.92 Å². The molecule has 4 rings (SSSR count). The third-order valence-electron chi connectivity index (χ3n) is 6.23. The zero-order valence-corrected chi connectivity index (χ0v) is 22.0. The fraction of sp³-hybridized carbons (Fsp3) is 0.310. The van der Waals surface area contributed by atoms with E-state index in [1.165, 1.54) is 0 Å². The van der Waals surface area contributed by atoms with Crippen LogP contribution < -0.4 is 14.4 Å². The average molecular weight is 506 g/mol. The summed E-state index contributed by atoms with van der Waals surface area (Å²) < 4.78 is 13.2. The quantitative estimate of drug-likeness (QED) is 0.240. The maximum atomic E-state index is 13.6. The third-order valence-corrected chi connectivity index (χ3v) is 6.60. The summed E-state index contributed by atoms with van der Waals surface area (Å²) in [5.41, 5.74) is 3.53. The second-order valence-corrected chi connectivity index (χ2v) is 9.55. The Kier molecular flexibility index (Phi) is 8.16. The van der Waals surface area contributed by atoms with Gasteiger partial charge in [0.05, 0.1) is 44.0 Å². The molecule has 7 heteroatoms. The highest BCUT2D eigenvalue weighted by molar-refractivity contribution is 6.31. The SMILES string of the molecule is COc1ccc(N(Cc2nc3ccccc3n2Cc2ccccc2Cl)C(=O)CCC(C)C)c(OC)c1. The smallest absolute Gasteiger partial charge is 0.227 e. The molecule has 4 aromatic rings. The predicted molar refractivity (Wildman–Crippen MR) is 145 cm³/mol. The van der Waals surface area contributed by atoms with Crippen LogP contribution in [0.1, 0.15) is 38.1 Å². The second kappa shape index (κ2) is 11.5. The molecule has 1 amide bonds. The molecule has 0 aliphatic carbocycles. The molecule has 0 saturated heterocycles. The molecule has 1 heterocycles. The van der Waals surface area contributed by atoms with E-state index >= 15 is 0 Å².